The summed E-state index contributed by atoms with van der Waals surface area (Å²) in [7, 11) is 0. The average molecular weight is 368 g/mol. The predicted octanol–water partition coefficient (Wildman–Crippen LogP) is 2.60. The first kappa shape index (κ1) is 17.9. The molecule has 0 amide bonds. The minimum absolute atomic E-state index is 0.0488. The molecule has 0 aromatic carbocycles. The Labute approximate surface area is 147 Å². The fraction of sp³-hybridized carbons (Fsp3) is 0.357. The van der Waals surface area contributed by atoms with Crippen LogP contribution in [0.3, 0.4) is 0 Å². The van der Waals surface area contributed by atoms with Crippen molar-refractivity contribution >= 4 is 39.9 Å². The van der Waals surface area contributed by atoms with E-state index in [2.05, 4.69) is 21.1 Å². The van der Waals surface area contributed by atoms with E-state index in [1.165, 1.54) is 13.1 Å². The number of hydrogen-bond donors (Lipinski definition) is 0. The third kappa shape index (κ3) is 3.73. The highest BCUT2D eigenvalue weighted by atomic mass is 35.5. The van der Waals surface area contributed by atoms with Gasteiger partial charge in [-0.25, -0.2) is 14.4 Å². The largest absolute Gasteiger partial charge is 0.352 e. The van der Waals surface area contributed by atoms with Crippen molar-refractivity contribution in [3.8, 4) is 12.3 Å². The molecular formula is C14H12Cl2FN7. The number of rotatable bonds is 1. The van der Waals surface area contributed by atoms with Crippen molar-refractivity contribution in [2.75, 3.05) is 31.1 Å². The van der Waals surface area contributed by atoms with Crippen molar-refractivity contribution in [1.29, 1.82) is 10.5 Å². The Hall–Kier alpha value is -2.42. The van der Waals surface area contributed by atoms with Crippen LogP contribution in [0, 0.1) is 28.6 Å². The van der Waals surface area contributed by atoms with E-state index in [1.54, 1.807) is 11.0 Å². The van der Waals surface area contributed by atoms with Crippen molar-refractivity contribution in [2.45, 2.75) is 6.92 Å². The summed E-state index contributed by atoms with van der Waals surface area (Å²) in [4.78, 5) is 15.4. The van der Waals surface area contributed by atoms with Gasteiger partial charge in [0, 0.05) is 39.3 Å². The molecule has 1 fully saturated rings. The normalized spacial score (nSPS) is 13.8. The molecule has 0 spiro atoms. The molecule has 10 heteroatoms. The number of anilines is 1. The van der Waals surface area contributed by atoms with Gasteiger partial charge in [-0.1, -0.05) is 11.6 Å². The van der Waals surface area contributed by atoms with Gasteiger partial charge >= 0.3 is 0 Å². The van der Waals surface area contributed by atoms with Gasteiger partial charge in [0.15, 0.2) is 17.2 Å². The maximum atomic E-state index is 14.0. The summed E-state index contributed by atoms with van der Waals surface area (Å²) in [5.41, 5.74) is 0.0488. The molecule has 2 aromatic rings. The lowest BCUT2D eigenvalue weighted by Crippen LogP contribution is -2.44. The van der Waals surface area contributed by atoms with Gasteiger partial charge in [0.05, 0.1) is 11.5 Å². The third-order valence-electron chi connectivity index (χ3n) is 3.31. The number of nitrogens with zero attached hydrogens (tertiary/aromatic N) is 7. The molecule has 1 saturated heterocycles. The summed E-state index contributed by atoms with van der Waals surface area (Å²) < 4.78 is 14.0. The maximum absolute atomic E-state index is 14.0. The topological polar surface area (TPSA) is 92.7 Å². The molecule has 0 radical (unpaired) electrons. The van der Waals surface area contributed by atoms with E-state index in [0.717, 1.165) is 0 Å². The molecule has 3 heterocycles. The number of hydrogen-bond acceptors (Lipinski definition) is 7. The molecule has 24 heavy (non-hydrogen) atoms. The smallest absolute Gasteiger partial charge is 0.225 e. The highest BCUT2D eigenvalue weighted by Gasteiger charge is 2.22. The second-order valence-electron chi connectivity index (χ2n) is 4.74. The van der Waals surface area contributed by atoms with Gasteiger partial charge in [-0.2, -0.15) is 15.5 Å². The fourth-order valence-electron chi connectivity index (χ4n) is 2.25. The number of halogens is 3. The lowest BCUT2D eigenvalue weighted by molar-refractivity contribution is 0.362. The standard InChI is InChI=1S/C12H9Cl2FN6.C2H3N/c13-10-8(15)9-7(5-17-10)11(19-12(14)18-9)21-3-1-20(6-16)2-4-21;1-2-3/h5H,1-4H2;1H3. The summed E-state index contributed by atoms with van der Waals surface area (Å²) in [5.74, 6) is -0.207. The van der Waals surface area contributed by atoms with E-state index in [4.69, 9.17) is 33.7 Å². The minimum Gasteiger partial charge on any atom is -0.352 e. The van der Waals surface area contributed by atoms with Crippen LogP contribution in [0.1, 0.15) is 6.92 Å². The molecule has 2 aromatic heterocycles. The lowest BCUT2D eigenvalue weighted by atomic mass is 10.2. The van der Waals surface area contributed by atoms with Crippen LogP contribution in [-0.4, -0.2) is 46.0 Å². The molecule has 0 bridgehead atoms. The SMILES string of the molecule is CC#N.N#CN1CCN(c2nc(Cl)nc3c(F)c(Cl)ncc23)CC1. The first-order valence-electron chi connectivity index (χ1n) is 6.89. The van der Waals surface area contributed by atoms with Crippen LogP contribution in [0.4, 0.5) is 10.2 Å². The monoisotopic (exact) mass is 367 g/mol. The second kappa shape index (κ2) is 7.91. The predicted molar refractivity (Wildman–Crippen MR) is 88.0 cm³/mol. The molecule has 1 aliphatic heterocycles. The maximum Gasteiger partial charge on any atom is 0.225 e. The van der Waals surface area contributed by atoms with E-state index in [9.17, 15) is 4.39 Å². The molecule has 3 rings (SSSR count). The van der Waals surface area contributed by atoms with Crippen LogP contribution >= 0.6 is 23.2 Å². The van der Waals surface area contributed by atoms with E-state index in [1.807, 2.05) is 4.90 Å². The van der Waals surface area contributed by atoms with Crippen molar-refractivity contribution in [2.24, 2.45) is 0 Å². The van der Waals surface area contributed by atoms with Crippen molar-refractivity contribution in [3.05, 3.63) is 22.5 Å². The minimum atomic E-state index is -0.713. The molecule has 0 unspecified atom stereocenters. The molecule has 0 atom stereocenters. The fourth-order valence-corrected chi connectivity index (χ4v) is 2.55. The van der Waals surface area contributed by atoms with Gasteiger partial charge in [-0.05, 0) is 11.6 Å². The number of nitriles is 2. The van der Waals surface area contributed by atoms with Gasteiger partial charge in [0.2, 0.25) is 5.28 Å². The van der Waals surface area contributed by atoms with Gasteiger partial charge in [-0.15, -0.1) is 0 Å². The van der Waals surface area contributed by atoms with Gasteiger partial charge in [0.25, 0.3) is 0 Å². The Morgan fingerprint density at radius 2 is 1.79 bits per heavy atom. The van der Waals surface area contributed by atoms with Crippen LogP contribution in [0.25, 0.3) is 10.9 Å². The van der Waals surface area contributed by atoms with Crippen LogP contribution in [-0.2, 0) is 0 Å². The third-order valence-corrected chi connectivity index (χ3v) is 3.75. The Morgan fingerprint density at radius 3 is 2.38 bits per heavy atom. The number of aromatic nitrogens is 3. The molecule has 124 valence electrons. The van der Waals surface area contributed by atoms with Gasteiger partial charge < -0.3 is 9.80 Å². The number of piperazine rings is 1. The highest BCUT2D eigenvalue weighted by molar-refractivity contribution is 6.30. The van der Waals surface area contributed by atoms with Crippen LogP contribution in [0.5, 0.6) is 0 Å². The molecule has 0 saturated carbocycles. The van der Waals surface area contributed by atoms with E-state index < -0.39 is 5.82 Å². The first-order chi connectivity index (χ1) is 11.5. The molecule has 1 aliphatic rings. The van der Waals surface area contributed by atoms with Crippen LogP contribution < -0.4 is 4.90 Å². The average Bonchev–Trinajstić information content (AvgIpc) is 2.59. The Balaban J connectivity index is 0.000000647. The summed E-state index contributed by atoms with van der Waals surface area (Å²) in [6.07, 6.45) is 3.53. The molecule has 0 aliphatic carbocycles. The number of pyridine rings is 1. The molecule has 0 N–H and O–H groups in total. The van der Waals surface area contributed by atoms with E-state index in [-0.39, 0.29) is 16.0 Å². The summed E-state index contributed by atoms with van der Waals surface area (Å²) in [6, 6.07) is 1.75. The summed E-state index contributed by atoms with van der Waals surface area (Å²) >= 11 is 11.6. The van der Waals surface area contributed by atoms with Crippen molar-refractivity contribution in [3.63, 3.8) is 0 Å². The van der Waals surface area contributed by atoms with E-state index in [0.29, 0.717) is 37.4 Å². The van der Waals surface area contributed by atoms with Crippen molar-refractivity contribution < 1.29 is 4.39 Å². The van der Waals surface area contributed by atoms with Crippen molar-refractivity contribution in [1.82, 2.24) is 19.9 Å². The summed E-state index contributed by atoms with van der Waals surface area (Å²) in [5, 5.41) is 16.3. The number of fused-ring (bicyclic) bond motifs is 1. The van der Waals surface area contributed by atoms with Gasteiger partial charge in [0.1, 0.15) is 11.3 Å². The zero-order valence-electron chi connectivity index (χ0n) is 12.7. The zero-order chi connectivity index (χ0) is 17.7. The lowest BCUT2D eigenvalue weighted by Gasteiger charge is -2.32. The molecular weight excluding hydrogens is 356 g/mol. The van der Waals surface area contributed by atoms with Crippen LogP contribution in [0.15, 0.2) is 6.20 Å². The Kier molecular flexibility index (Phi) is 5.91. The Bertz CT molecular complexity index is 822. The second-order valence-corrected chi connectivity index (χ2v) is 5.44. The van der Waals surface area contributed by atoms with E-state index >= 15 is 0 Å². The first-order valence-corrected chi connectivity index (χ1v) is 7.65. The van der Waals surface area contributed by atoms with Gasteiger partial charge in [-0.3, -0.25) is 0 Å². The highest BCUT2D eigenvalue weighted by Crippen LogP contribution is 2.29. The quantitative estimate of drug-likeness (QED) is 0.434. The Morgan fingerprint density at radius 1 is 1.17 bits per heavy atom. The zero-order valence-corrected chi connectivity index (χ0v) is 14.2. The molecule has 7 nitrogen and oxygen atoms in total. The van der Waals surface area contributed by atoms with Crippen LogP contribution in [0.2, 0.25) is 10.4 Å². The summed E-state index contributed by atoms with van der Waals surface area (Å²) in [6.45, 7) is 3.74.